The fourth-order valence-corrected chi connectivity index (χ4v) is 1.84. The first-order chi connectivity index (χ1) is 9.95. The first-order valence-corrected chi connectivity index (χ1v) is 6.42. The Morgan fingerprint density at radius 3 is 2.57 bits per heavy atom. The molecule has 0 unspecified atom stereocenters. The van der Waals surface area contributed by atoms with E-state index in [1.165, 1.54) is 24.5 Å². The Morgan fingerprint density at radius 2 is 1.86 bits per heavy atom. The highest BCUT2D eigenvalue weighted by Gasteiger charge is 2.09. The maximum atomic E-state index is 11.8. The topological polar surface area (TPSA) is 91.3 Å². The largest absolute Gasteiger partial charge is 0.478 e. The molecule has 1 heterocycles. The number of benzene rings is 1. The molecule has 2 amide bonds. The number of amides is 2. The predicted octanol–water partition coefficient (Wildman–Crippen LogP) is 3.73. The third-order valence-corrected chi connectivity index (χ3v) is 2.98. The molecule has 2 aromatic rings. The van der Waals surface area contributed by atoms with Crippen molar-refractivity contribution in [2.24, 2.45) is 0 Å². The van der Waals surface area contributed by atoms with E-state index in [2.05, 4.69) is 15.6 Å². The number of carbonyl (C=O) groups is 2. The van der Waals surface area contributed by atoms with Gasteiger partial charge in [0.15, 0.2) is 0 Å². The van der Waals surface area contributed by atoms with Crippen LogP contribution in [0.3, 0.4) is 0 Å². The zero-order valence-corrected chi connectivity index (χ0v) is 11.9. The molecule has 0 aliphatic rings. The predicted molar refractivity (Wildman–Crippen MR) is 80.3 cm³/mol. The monoisotopic (exact) mass is 325 g/mol. The number of nitrogens with one attached hydrogen (secondary N) is 2. The van der Waals surface area contributed by atoms with E-state index in [1.807, 2.05) is 0 Å². The number of carboxylic acid groups (broad SMARTS) is 1. The summed E-state index contributed by atoms with van der Waals surface area (Å²) in [5.41, 5.74) is 0.545. The van der Waals surface area contributed by atoms with Gasteiger partial charge in [0.05, 0.1) is 28.2 Å². The van der Waals surface area contributed by atoms with Gasteiger partial charge in [-0.2, -0.15) is 0 Å². The SMILES string of the molecule is O=C(Nc1cncc(C(=O)O)c1)Nc1cc(Cl)ccc1Cl. The van der Waals surface area contributed by atoms with Crippen molar-refractivity contribution in [1.29, 1.82) is 0 Å². The number of anilines is 2. The number of carbonyl (C=O) groups excluding carboxylic acids is 1. The van der Waals surface area contributed by atoms with Crippen molar-refractivity contribution in [3.63, 3.8) is 0 Å². The van der Waals surface area contributed by atoms with Gasteiger partial charge in [0.2, 0.25) is 0 Å². The van der Waals surface area contributed by atoms with Crippen molar-refractivity contribution < 1.29 is 14.7 Å². The molecular weight excluding hydrogens is 317 g/mol. The Hall–Kier alpha value is -2.31. The quantitative estimate of drug-likeness (QED) is 0.801. The summed E-state index contributed by atoms with van der Waals surface area (Å²) in [5, 5.41) is 14.6. The molecule has 1 aromatic carbocycles. The van der Waals surface area contributed by atoms with Gasteiger partial charge in [-0.1, -0.05) is 23.2 Å². The summed E-state index contributed by atoms with van der Waals surface area (Å²) in [6, 6.07) is 5.33. The van der Waals surface area contributed by atoms with E-state index in [1.54, 1.807) is 12.1 Å². The first kappa shape index (κ1) is 15.1. The van der Waals surface area contributed by atoms with Gasteiger partial charge >= 0.3 is 12.0 Å². The average Bonchev–Trinajstić information content (AvgIpc) is 2.43. The highest BCUT2D eigenvalue weighted by atomic mass is 35.5. The molecule has 0 aliphatic heterocycles. The summed E-state index contributed by atoms with van der Waals surface area (Å²) in [6.45, 7) is 0. The third-order valence-electron chi connectivity index (χ3n) is 2.42. The Labute approximate surface area is 129 Å². The minimum atomic E-state index is -1.13. The molecule has 1 aromatic heterocycles. The molecule has 21 heavy (non-hydrogen) atoms. The van der Waals surface area contributed by atoms with E-state index in [9.17, 15) is 9.59 Å². The lowest BCUT2D eigenvalue weighted by Crippen LogP contribution is -2.20. The zero-order valence-electron chi connectivity index (χ0n) is 10.4. The molecule has 2 rings (SSSR count). The molecule has 0 radical (unpaired) electrons. The second-order valence-electron chi connectivity index (χ2n) is 3.97. The summed E-state index contributed by atoms with van der Waals surface area (Å²) in [7, 11) is 0. The fraction of sp³-hybridized carbons (Fsp3) is 0. The molecule has 0 fully saturated rings. The lowest BCUT2D eigenvalue weighted by molar-refractivity contribution is 0.0696. The van der Waals surface area contributed by atoms with E-state index < -0.39 is 12.0 Å². The van der Waals surface area contributed by atoms with Crippen molar-refractivity contribution in [3.8, 4) is 0 Å². The maximum absolute atomic E-state index is 11.8. The second-order valence-corrected chi connectivity index (χ2v) is 4.81. The van der Waals surface area contributed by atoms with Gasteiger partial charge in [-0.25, -0.2) is 9.59 Å². The Balaban J connectivity index is 2.10. The second kappa shape index (κ2) is 6.43. The summed E-state index contributed by atoms with van der Waals surface area (Å²) in [5.74, 6) is -1.13. The number of nitrogens with zero attached hydrogens (tertiary/aromatic N) is 1. The minimum Gasteiger partial charge on any atom is -0.478 e. The molecular formula is C13H9Cl2N3O3. The highest BCUT2D eigenvalue weighted by Crippen LogP contribution is 2.25. The summed E-state index contributed by atoms with van der Waals surface area (Å²) in [4.78, 5) is 26.4. The zero-order chi connectivity index (χ0) is 15.4. The average molecular weight is 326 g/mol. The smallest absolute Gasteiger partial charge is 0.337 e. The van der Waals surface area contributed by atoms with Crippen LogP contribution >= 0.6 is 23.2 Å². The van der Waals surface area contributed by atoms with Crippen LogP contribution in [0.1, 0.15) is 10.4 Å². The van der Waals surface area contributed by atoms with E-state index in [-0.39, 0.29) is 11.3 Å². The number of pyridine rings is 1. The Bertz CT molecular complexity index is 707. The maximum Gasteiger partial charge on any atom is 0.337 e. The van der Waals surface area contributed by atoms with Gasteiger partial charge in [-0.05, 0) is 24.3 Å². The number of hydrogen-bond donors (Lipinski definition) is 3. The van der Waals surface area contributed by atoms with Crippen molar-refractivity contribution in [2.75, 3.05) is 10.6 Å². The van der Waals surface area contributed by atoms with Crippen molar-refractivity contribution in [1.82, 2.24) is 4.98 Å². The van der Waals surface area contributed by atoms with Crippen LogP contribution < -0.4 is 10.6 Å². The van der Waals surface area contributed by atoms with Crippen LogP contribution in [0.4, 0.5) is 16.2 Å². The van der Waals surface area contributed by atoms with Crippen LogP contribution in [-0.4, -0.2) is 22.1 Å². The lowest BCUT2D eigenvalue weighted by Gasteiger charge is -2.09. The standard InChI is InChI=1S/C13H9Cl2N3O3/c14-8-1-2-10(15)11(4-8)18-13(21)17-9-3-7(12(19)20)5-16-6-9/h1-6H,(H,19,20)(H2,17,18,21). The van der Waals surface area contributed by atoms with Crippen LogP contribution in [0, 0.1) is 0 Å². The fourth-order valence-electron chi connectivity index (χ4n) is 1.50. The summed E-state index contributed by atoms with van der Waals surface area (Å²) >= 11 is 11.7. The van der Waals surface area contributed by atoms with E-state index in [4.69, 9.17) is 28.3 Å². The number of halogens is 2. The molecule has 108 valence electrons. The van der Waals surface area contributed by atoms with E-state index >= 15 is 0 Å². The van der Waals surface area contributed by atoms with E-state index in [0.29, 0.717) is 15.7 Å². The molecule has 6 nitrogen and oxygen atoms in total. The van der Waals surface area contributed by atoms with Crippen LogP contribution in [0.25, 0.3) is 0 Å². The van der Waals surface area contributed by atoms with Crippen LogP contribution in [-0.2, 0) is 0 Å². The van der Waals surface area contributed by atoms with Gasteiger partial charge < -0.3 is 15.7 Å². The lowest BCUT2D eigenvalue weighted by atomic mass is 10.2. The van der Waals surface area contributed by atoms with Crippen molar-refractivity contribution in [3.05, 3.63) is 52.3 Å². The summed E-state index contributed by atoms with van der Waals surface area (Å²) < 4.78 is 0. The van der Waals surface area contributed by atoms with Gasteiger partial charge in [0.1, 0.15) is 0 Å². The van der Waals surface area contributed by atoms with Crippen LogP contribution in [0.5, 0.6) is 0 Å². The minimum absolute atomic E-state index is 0.0337. The number of carboxylic acids is 1. The molecule has 0 aliphatic carbocycles. The first-order valence-electron chi connectivity index (χ1n) is 5.67. The van der Waals surface area contributed by atoms with Crippen LogP contribution in [0.15, 0.2) is 36.7 Å². The van der Waals surface area contributed by atoms with Gasteiger partial charge in [0.25, 0.3) is 0 Å². The molecule has 0 spiro atoms. The van der Waals surface area contributed by atoms with E-state index in [0.717, 1.165) is 0 Å². The molecule has 0 atom stereocenters. The van der Waals surface area contributed by atoms with Crippen LogP contribution in [0.2, 0.25) is 10.0 Å². The van der Waals surface area contributed by atoms with Crippen molar-refractivity contribution >= 4 is 46.6 Å². The normalized spacial score (nSPS) is 10.0. The van der Waals surface area contributed by atoms with Gasteiger partial charge in [-0.15, -0.1) is 0 Å². The number of hydrogen-bond acceptors (Lipinski definition) is 3. The highest BCUT2D eigenvalue weighted by molar-refractivity contribution is 6.35. The number of urea groups is 1. The van der Waals surface area contributed by atoms with Gasteiger partial charge in [-0.3, -0.25) is 4.98 Å². The number of aromatic nitrogens is 1. The molecule has 0 saturated heterocycles. The number of rotatable bonds is 3. The summed E-state index contributed by atoms with van der Waals surface area (Å²) in [6.07, 6.45) is 2.50. The third kappa shape index (κ3) is 4.08. The molecule has 0 saturated carbocycles. The molecule has 0 bridgehead atoms. The van der Waals surface area contributed by atoms with Gasteiger partial charge in [0, 0.05) is 11.2 Å². The Kier molecular flexibility index (Phi) is 4.62. The molecule has 3 N–H and O–H groups in total. The van der Waals surface area contributed by atoms with Crippen molar-refractivity contribution in [2.45, 2.75) is 0 Å². The molecule has 8 heteroatoms. The number of aromatic carboxylic acids is 1. The Morgan fingerprint density at radius 1 is 1.10 bits per heavy atom.